The summed E-state index contributed by atoms with van der Waals surface area (Å²) in [6.07, 6.45) is 10.1. The number of fused-ring (bicyclic) bond motifs is 1. The molecule has 0 saturated carbocycles. The lowest BCUT2D eigenvalue weighted by atomic mass is 9.87. The highest BCUT2D eigenvalue weighted by Crippen LogP contribution is 2.34. The van der Waals surface area contributed by atoms with Crippen LogP contribution in [-0.4, -0.2) is 56.1 Å². The van der Waals surface area contributed by atoms with Gasteiger partial charge in [-0.15, -0.1) is 0 Å². The van der Waals surface area contributed by atoms with Crippen LogP contribution in [0.2, 0.25) is 0 Å². The third-order valence-corrected chi connectivity index (χ3v) is 8.55. The average molecular weight is 596 g/mol. The van der Waals surface area contributed by atoms with Gasteiger partial charge in [0, 0.05) is 37.3 Å². The second kappa shape index (κ2) is 13.2. The Kier molecular flexibility index (Phi) is 9.18. The molecule has 0 saturated heterocycles. The minimum absolute atomic E-state index is 0.0185. The number of hydrogen-bond donors (Lipinski definition) is 3. The van der Waals surface area contributed by atoms with Gasteiger partial charge in [-0.3, -0.25) is 19.2 Å². The van der Waals surface area contributed by atoms with Crippen molar-refractivity contribution >= 4 is 23.6 Å². The highest BCUT2D eigenvalue weighted by Gasteiger charge is 2.33. The third-order valence-electron chi connectivity index (χ3n) is 8.55. The maximum Gasteiger partial charge on any atom is 0.310 e. The van der Waals surface area contributed by atoms with Crippen LogP contribution >= 0.6 is 0 Å². The Bertz CT molecular complexity index is 1620. The summed E-state index contributed by atoms with van der Waals surface area (Å²) in [7, 11) is 0. The number of carbonyl (C=O) groups is 4. The topological polar surface area (TPSA) is 142 Å². The van der Waals surface area contributed by atoms with Gasteiger partial charge in [-0.1, -0.05) is 48.6 Å². The predicted octanol–water partition coefficient (Wildman–Crippen LogP) is 4.05. The van der Waals surface area contributed by atoms with Gasteiger partial charge in [0.05, 0.1) is 11.6 Å². The quantitative estimate of drug-likeness (QED) is 0.322. The Hall–Kier alpha value is -4.86. The molecule has 2 heterocycles. The second-order valence-electron chi connectivity index (χ2n) is 11.5. The number of carbonyl (C=O) groups excluding carboxylic acids is 3. The third kappa shape index (κ3) is 6.69. The Balaban J connectivity index is 1.20. The molecule has 0 bridgehead atoms. The smallest absolute Gasteiger partial charge is 0.310 e. The maximum absolute atomic E-state index is 13.0. The summed E-state index contributed by atoms with van der Waals surface area (Å²) >= 11 is 0. The van der Waals surface area contributed by atoms with Gasteiger partial charge in [0.25, 0.3) is 11.8 Å². The van der Waals surface area contributed by atoms with Gasteiger partial charge >= 0.3 is 5.97 Å². The number of aryl methyl sites for hydroxylation is 1. The molecule has 228 valence electrons. The predicted molar refractivity (Wildman–Crippen MR) is 164 cm³/mol. The summed E-state index contributed by atoms with van der Waals surface area (Å²) < 4.78 is 0. The van der Waals surface area contributed by atoms with Crippen LogP contribution in [0.1, 0.15) is 77.2 Å². The molecule has 3 N–H and O–H groups in total. The summed E-state index contributed by atoms with van der Waals surface area (Å²) in [4.78, 5) is 60.2. The van der Waals surface area contributed by atoms with E-state index in [1.165, 1.54) is 18.0 Å². The lowest BCUT2D eigenvalue weighted by Gasteiger charge is -2.33. The van der Waals surface area contributed by atoms with Crippen LogP contribution in [0.3, 0.4) is 0 Å². The number of allylic oxidation sites excluding steroid dienone is 4. The van der Waals surface area contributed by atoms with Crippen molar-refractivity contribution in [3.8, 4) is 0 Å². The first-order valence-electron chi connectivity index (χ1n) is 14.9. The Labute approximate surface area is 256 Å². The molecule has 2 amide bonds. The van der Waals surface area contributed by atoms with Gasteiger partial charge in [0.1, 0.15) is 17.7 Å². The van der Waals surface area contributed by atoms with Crippen molar-refractivity contribution in [3.63, 3.8) is 0 Å². The van der Waals surface area contributed by atoms with Gasteiger partial charge in [0.15, 0.2) is 0 Å². The first-order chi connectivity index (χ1) is 21.1. The summed E-state index contributed by atoms with van der Waals surface area (Å²) in [5, 5.41) is 15.3. The fraction of sp³-hybridized carbons (Fsp3) is 0.353. The van der Waals surface area contributed by atoms with Crippen LogP contribution < -0.4 is 10.6 Å². The molecule has 2 atom stereocenters. The number of Topliss-reactive ketones (excluding diaryl/α,β-unsaturated/α-hetero) is 1. The maximum atomic E-state index is 13.0. The van der Waals surface area contributed by atoms with Gasteiger partial charge in [-0.05, 0) is 68.2 Å². The molecule has 0 spiro atoms. The van der Waals surface area contributed by atoms with Crippen molar-refractivity contribution in [3.05, 3.63) is 106 Å². The van der Waals surface area contributed by atoms with E-state index in [0.717, 1.165) is 47.4 Å². The number of carboxylic acids is 1. The molecule has 0 fully saturated rings. The first kappa shape index (κ1) is 30.6. The van der Waals surface area contributed by atoms with Gasteiger partial charge in [-0.25, -0.2) is 9.97 Å². The number of nitrogens with one attached hydrogen (secondary N) is 2. The molecule has 1 aromatic carbocycles. The Morgan fingerprint density at radius 2 is 1.86 bits per heavy atom. The Morgan fingerprint density at radius 3 is 2.61 bits per heavy atom. The molecule has 0 radical (unpaired) electrons. The van der Waals surface area contributed by atoms with Crippen molar-refractivity contribution in [2.45, 2.75) is 65.1 Å². The van der Waals surface area contributed by atoms with Crippen molar-refractivity contribution in [2.24, 2.45) is 5.92 Å². The zero-order chi connectivity index (χ0) is 31.4. The fourth-order valence-electron chi connectivity index (χ4n) is 5.89. The molecular weight excluding hydrogens is 558 g/mol. The highest BCUT2D eigenvalue weighted by molar-refractivity contribution is 6.18. The lowest BCUT2D eigenvalue weighted by Crippen LogP contribution is -2.35. The van der Waals surface area contributed by atoms with Crippen LogP contribution in [0, 0.1) is 5.92 Å². The Morgan fingerprint density at radius 1 is 1.09 bits per heavy atom. The van der Waals surface area contributed by atoms with Crippen LogP contribution in [0.4, 0.5) is 0 Å². The normalized spacial score (nSPS) is 22.2. The van der Waals surface area contributed by atoms with Crippen LogP contribution in [0.25, 0.3) is 0 Å². The van der Waals surface area contributed by atoms with Crippen LogP contribution in [-0.2, 0) is 29.1 Å². The number of rotatable bonds is 7. The standard InChI is InChI=1S/C34H37N5O5/c1-20-7-4-9-26(10-5-11-27(20)34(43)44)38-33(42)29-16-28(36-19-37-29)32(41)35-17-23-12-13-24-8-6-14-39(18-25(24)15-23)30-21(2)22(3)31(30)40/h5,7,10,12-13,15-16,19,26-27H,3-4,6,8-9,11,14,17-18H2,1-2H3,(H,35,41)(H,38,42)(H,43,44)/b10-5+,20-7+/t26-,27?/m0/s1. The molecule has 2 aromatic rings. The number of carboxylic acid groups (broad SMARTS) is 1. The largest absolute Gasteiger partial charge is 0.481 e. The summed E-state index contributed by atoms with van der Waals surface area (Å²) in [5.41, 5.74) is 6.52. The molecule has 44 heavy (non-hydrogen) atoms. The van der Waals surface area contributed by atoms with Crippen LogP contribution in [0.5, 0.6) is 0 Å². The zero-order valence-corrected chi connectivity index (χ0v) is 25.1. The summed E-state index contributed by atoms with van der Waals surface area (Å²) in [6.45, 7) is 9.30. The average Bonchev–Trinajstić information content (AvgIpc) is 3.17. The van der Waals surface area contributed by atoms with Crippen LogP contribution in [0.15, 0.2) is 77.8 Å². The molecule has 1 aliphatic heterocycles. The van der Waals surface area contributed by atoms with E-state index >= 15 is 0 Å². The number of amides is 2. The number of nitrogens with zero attached hydrogens (tertiary/aromatic N) is 3. The molecule has 10 nitrogen and oxygen atoms in total. The minimum Gasteiger partial charge on any atom is -0.481 e. The van der Waals surface area contributed by atoms with E-state index in [-0.39, 0.29) is 29.8 Å². The molecule has 1 aromatic heterocycles. The number of aliphatic carboxylic acids is 1. The summed E-state index contributed by atoms with van der Waals surface area (Å²) in [5.74, 6) is -2.30. The van der Waals surface area contributed by atoms with E-state index in [4.69, 9.17) is 0 Å². The van der Waals surface area contributed by atoms with Crippen molar-refractivity contribution < 1.29 is 24.3 Å². The molecule has 10 heteroatoms. The molecule has 1 unspecified atom stereocenters. The minimum atomic E-state index is -0.868. The molecule has 2 aliphatic carbocycles. The van der Waals surface area contributed by atoms with E-state index in [0.29, 0.717) is 31.4 Å². The molecule has 3 aliphatic rings. The zero-order valence-electron chi connectivity index (χ0n) is 25.1. The van der Waals surface area contributed by atoms with E-state index in [1.807, 2.05) is 32.1 Å². The van der Waals surface area contributed by atoms with E-state index in [9.17, 15) is 24.3 Å². The van der Waals surface area contributed by atoms with Gasteiger partial charge in [0.2, 0.25) is 5.78 Å². The number of hydrogen-bond acceptors (Lipinski definition) is 7. The molecule has 5 rings (SSSR count). The van der Waals surface area contributed by atoms with E-state index in [2.05, 4.69) is 44.2 Å². The van der Waals surface area contributed by atoms with Gasteiger partial charge in [-0.2, -0.15) is 0 Å². The fourth-order valence-corrected chi connectivity index (χ4v) is 5.89. The van der Waals surface area contributed by atoms with E-state index < -0.39 is 23.7 Å². The summed E-state index contributed by atoms with van der Waals surface area (Å²) in [6, 6.07) is 7.20. The second-order valence-corrected chi connectivity index (χ2v) is 11.5. The molecular formula is C34H37N5O5. The monoisotopic (exact) mass is 595 g/mol. The van der Waals surface area contributed by atoms with Crippen molar-refractivity contribution in [2.75, 3.05) is 6.54 Å². The van der Waals surface area contributed by atoms with Crippen molar-refractivity contribution in [1.29, 1.82) is 0 Å². The van der Waals surface area contributed by atoms with Gasteiger partial charge < -0.3 is 20.6 Å². The number of aromatic nitrogens is 2. The lowest BCUT2D eigenvalue weighted by molar-refractivity contribution is -0.140. The highest BCUT2D eigenvalue weighted by atomic mass is 16.4. The number of benzene rings is 1. The number of ketones is 1. The first-order valence-corrected chi connectivity index (χ1v) is 14.9. The SMILES string of the molecule is C=C1C(=O)C(N2CCCc3ccc(CNC(=O)c4cc(C(=O)N[C@@H]5/C=C/CC(C(=O)O)/C(C)=C/CC5)ncn4)cc3C2)=C1C. The van der Waals surface area contributed by atoms with Crippen molar-refractivity contribution in [1.82, 2.24) is 25.5 Å². The van der Waals surface area contributed by atoms with E-state index in [1.54, 1.807) is 6.08 Å².